The number of hydrogen-bond donors (Lipinski definition) is 4. The van der Waals surface area contributed by atoms with Crippen molar-refractivity contribution in [3.63, 3.8) is 0 Å². The van der Waals surface area contributed by atoms with Crippen molar-refractivity contribution in [3.8, 4) is 11.3 Å². The summed E-state index contributed by atoms with van der Waals surface area (Å²) in [7, 11) is 0. The van der Waals surface area contributed by atoms with E-state index in [1.54, 1.807) is 0 Å². The van der Waals surface area contributed by atoms with Crippen LogP contribution in [-0.4, -0.2) is 26.4 Å². The quantitative estimate of drug-likeness (QED) is 0.223. The molecule has 2 heterocycles. The van der Waals surface area contributed by atoms with E-state index in [9.17, 15) is 4.79 Å². The summed E-state index contributed by atoms with van der Waals surface area (Å²) in [6.45, 7) is 4.48. The van der Waals surface area contributed by atoms with Crippen molar-refractivity contribution in [2.75, 3.05) is 11.1 Å². The van der Waals surface area contributed by atoms with Crippen LogP contribution in [0.3, 0.4) is 0 Å². The van der Waals surface area contributed by atoms with Crippen LogP contribution in [0.15, 0.2) is 72.9 Å². The van der Waals surface area contributed by atoms with Crippen LogP contribution in [0, 0.1) is 13.8 Å². The molecule has 0 fully saturated rings. The van der Waals surface area contributed by atoms with Crippen LogP contribution in [-0.2, 0) is 6.54 Å². The number of anilines is 2. The number of aromatic nitrogens is 3. The predicted molar refractivity (Wildman–Crippen MR) is 162 cm³/mol. The Hall–Kier alpha value is -4.69. The fraction of sp³-hybridized carbons (Fsp3) is 0.219. The number of nitrogens with one attached hydrogen (secondary N) is 2. The maximum atomic E-state index is 12.8. The Balaban J connectivity index is 1.36. The molecule has 202 valence electrons. The number of nitrogen functional groups attached to an aromatic ring is 1. The highest BCUT2D eigenvalue weighted by Crippen LogP contribution is 2.38. The van der Waals surface area contributed by atoms with Gasteiger partial charge in [-0.2, -0.15) is 0 Å². The van der Waals surface area contributed by atoms with E-state index in [1.807, 2.05) is 80.7 Å². The van der Waals surface area contributed by atoms with Crippen molar-refractivity contribution in [1.29, 1.82) is 0 Å². The Morgan fingerprint density at radius 2 is 1.82 bits per heavy atom. The number of imidazole rings is 1. The summed E-state index contributed by atoms with van der Waals surface area (Å²) in [5.41, 5.74) is 20.3. The number of allylic oxidation sites excluding steroid dienone is 1. The van der Waals surface area contributed by atoms with Gasteiger partial charge in [0.2, 0.25) is 0 Å². The second kappa shape index (κ2) is 10.5. The van der Waals surface area contributed by atoms with Crippen LogP contribution in [0.1, 0.15) is 41.9 Å². The van der Waals surface area contributed by atoms with Gasteiger partial charge in [-0.1, -0.05) is 66.2 Å². The molecule has 0 saturated carbocycles. The third-order valence-corrected chi connectivity index (χ3v) is 7.64. The third kappa shape index (κ3) is 4.78. The summed E-state index contributed by atoms with van der Waals surface area (Å²) in [4.78, 5) is 22.4. The summed E-state index contributed by atoms with van der Waals surface area (Å²) < 4.78 is 2.11. The molecule has 0 radical (unpaired) electrons. The van der Waals surface area contributed by atoms with Crippen LogP contribution < -0.4 is 22.1 Å². The second-order valence-electron chi connectivity index (χ2n) is 10.5. The highest BCUT2D eigenvalue weighted by Gasteiger charge is 2.22. The Morgan fingerprint density at radius 3 is 2.58 bits per heavy atom. The maximum Gasteiger partial charge on any atom is 0.319 e. The highest BCUT2D eigenvalue weighted by atomic mass is 16.2. The first-order chi connectivity index (χ1) is 19.4. The molecule has 0 bridgehead atoms. The largest absolute Gasteiger partial charge is 0.382 e. The van der Waals surface area contributed by atoms with E-state index >= 15 is 0 Å². The topological polar surface area (TPSA) is 123 Å². The molecule has 8 heteroatoms. The van der Waals surface area contributed by atoms with Gasteiger partial charge in [0, 0.05) is 23.5 Å². The van der Waals surface area contributed by atoms with Gasteiger partial charge in [-0.25, -0.2) is 14.8 Å². The molecule has 6 N–H and O–H groups in total. The van der Waals surface area contributed by atoms with Crippen molar-refractivity contribution in [2.24, 2.45) is 5.73 Å². The molecular formula is C32H33N7O. The van der Waals surface area contributed by atoms with E-state index in [0.29, 0.717) is 12.4 Å². The average Bonchev–Trinajstić information content (AvgIpc) is 3.31. The fourth-order valence-corrected chi connectivity index (χ4v) is 5.48. The number of hydrogen-bond acceptors (Lipinski definition) is 5. The number of rotatable bonds is 5. The van der Waals surface area contributed by atoms with Gasteiger partial charge in [0.1, 0.15) is 22.9 Å². The lowest BCUT2D eigenvalue weighted by Gasteiger charge is -2.20. The van der Waals surface area contributed by atoms with Crippen LogP contribution in [0.5, 0.6) is 0 Å². The smallest absolute Gasteiger partial charge is 0.319 e. The van der Waals surface area contributed by atoms with Gasteiger partial charge < -0.3 is 22.1 Å². The molecule has 1 atom stereocenters. The molecule has 5 aromatic rings. The Kier molecular flexibility index (Phi) is 6.69. The minimum Gasteiger partial charge on any atom is -0.382 e. The van der Waals surface area contributed by atoms with E-state index < -0.39 is 0 Å². The molecule has 1 aliphatic rings. The zero-order valence-electron chi connectivity index (χ0n) is 22.7. The van der Waals surface area contributed by atoms with E-state index in [2.05, 4.69) is 26.1 Å². The highest BCUT2D eigenvalue weighted by molar-refractivity contribution is 6.09. The average molecular weight is 532 g/mol. The number of aryl methyl sites for hydroxylation is 2. The van der Waals surface area contributed by atoms with Gasteiger partial charge in [0.15, 0.2) is 0 Å². The molecule has 1 aliphatic carbocycles. The Labute approximate surface area is 233 Å². The van der Waals surface area contributed by atoms with Gasteiger partial charge in [0.05, 0.1) is 17.6 Å². The Bertz CT molecular complexity index is 1770. The normalized spacial score (nSPS) is 15.3. The number of carbonyl (C=O) groups excluding carboxylic acids is 1. The molecule has 0 spiro atoms. The van der Waals surface area contributed by atoms with Crippen LogP contribution in [0.2, 0.25) is 0 Å². The first-order valence-corrected chi connectivity index (χ1v) is 13.6. The van der Waals surface area contributed by atoms with Crippen LogP contribution in [0.4, 0.5) is 16.3 Å². The van der Waals surface area contributed by atoms with Crippen LogP contribution in [0.25, 0.3) is 33.1 Å². The van der Waals surface area contributed by atoms with Crippen molar-refractivity contribution in [2.45, 2.75) is 45.7 Å². The molecule has 0 saturated heterocycles. The van der Waals surface area contributed by atoms with E-state index in [-0.39, 0.29) is 12.1 Å². The number of carbonyl (C=O) groups is 1. The molecule has 0 aliphatic heterocycles. The number of fused-ring (bicyclic) bond motifs is 2. The summed E-state index contributed by atoms with van der Waals surface area (Å²) in [5.74, 6) is 1.26. The number of nitrogens with zero attached hydrogens (tertiary/aromatic N) is 3. The lowest BCUT2D eigenvalue weighted by molar-refractivity contribution is 0.252. The van der Waals surface area contributed by atoms with Gasteiger partial charge >= 0.3 is 6.03 Å². The minimum atomic E-state index is -0.264. The van der Waals surface area contributed by atoms with Crippen LogP contribution >= 0.6 is 0 Å². The Morgan fingerprint density at radius 1 is 1.05 bits per heavy atom. The molecule has 6 rings (SSSR count). The molecule has 8 nitrogen and oxygen atoms in total. The standard InChI is InChI=1S/C32H33N7O/c1-19-7-9-21(10-8-19)17-36-32(40)38-27-16-15-26(24-5-3-4-6-25(24)27)29-30-31(34)35-18-28(39(30)20(2)37-29)22-11-13-23(33)14-12-22/h3-11,15-16,18,23H,12-14,17,33H2,1-2H3,(H2,34,35)(H2,36,38,40). The number of benzene rings is 3. The lowest BCUT2D eigenvalue weighted by atomic mass is 9.94. The summed E-state index contributed by atoms with van der Waals surface area (Å²) in [6.07, 6.45) is 6.73. The first-order valence-electron chi connectivity index (χ1n) is 13.6. The molecule has 40 heavy (non-hydrogen) atoms. The summed E-state index contributed by atoms with van der Waals surface area (Å²) >= 11 is 0. The second-order valence-corrected chi connectivity index (χ2v) is 10.5. The van der Waals surface area contributed by atoms with Gasteiger partial charge in [-0.15, -0.1) is 0 Å². The van der Waals surface area contributed by atoms with Crippen molar-refractivity contribution in [1.82, 2.24) is 19.7 Å². The molecule has 2 aromatic heterocycles. The number of urea groups is 1. The third-order valence-electron chi connectivity index (χ3n) is 7.64. The molecule has 3 aromatic carbocycles. The van der Waals surface area contributed by atoms with E-state index in [1.165, 1.54) is 11.1 Å². The zero-order chi connectivity index (χ0) is 27.8. The SMILES string of the molecule is Cc1ccc(CNC(=O)Nc2ccc(-c3nc(C)n4c(C5=CCC(N)CC5)cnc(N)c34)c3ccccc23)cc1. The molecule has 2 amide bonds. The molecular weight excluding hydrogens is 498 g/mol. The van der Waals surface area contributed by atoms with Crippen molar-refractivity contribution in [3.05, 3.63) is 95.6 Å². The van der Waals surface area contributed by atoms with E-state index in [4.69, 9.17) is 16.5 Å². The first kappa shape index (κ1) is 25.6. The summed E-state index contributed by atoms with van der Waals surface area (Å²) in [5, 5.41) is 7.85. The predicted octanol–water partition coefficient (Wildman–Crippen LogP) is 5.96. The molecule has 1 unspecified atom stereocenters. The lowest BCUT2D eigenvalue weighted by Crippen LogP contribution is -2.28. The van der Waals surface area contributed by atoms with E-state index in [0.717, 1.165) is 69.6 Å². The monoisotopic (exact) mass is 531 g/mol. The maximum absolute atomic E-state index is 12.8. The minimum absolute atomic E-state index is 0.198. The number of nitrogens with two attached hydrogens (primary N) is 2. The number of amides is 2. The summed E-state index contributed by atoms with van der Waals surface area (Å²) in [6, 6.07) is 19.9. The van der Waals surface area contributed by atoms with Gasteiger partial charge in [-0.05, 0) is 55.7 Å². The van der Waals surface area contributed by atoms with Gasteiger partial charge in [0.25, 0.3) is 0 Å². The van der Waals surface area contributed by atoms with Crippen molar-refractivity contribution >= 4 is 39.4 Å². The van der Waals surface area contributed by atoms with Crippen molar-refractivity contribution < 1.29 is 4.79 Å². The zero-order valence-corrected chi connectivity index (χ0v) is 22.7. The van der Waals surface area contributed by atoms with Gasteiger partial charge in [-0.3, -0.25) is 4.40 Å². The fourth-order valence-electron chi connectivity index (χ4n) is 5.48.